The molecule has 6 fully saturated rings. The Morgan fingerprint density at radius 3 is 1.85 bits per heavy atom. The van der Waals surface area contributed by atoms with E-state index in [2.05, 4.69) is 37.5 Å². The zero-order chi connectivity index (χ0) is 23.1. The van der Waals surface area contributed by atoms with Crippen molar-refractivity contribution < 1.29 is 9.47 Å². The van der Waals surface area contributed by atoms with Crippen LogP contribution in [0.4, 0.5) is 0 Å². The molecular formula is C29H52N2O2. The maximum absolute atomic E-state index is 6.03. The normalized spacial score (nSPS) is 42.7. The van der Waals surface area contributed by atoms with Crippen molar-refractivity contribution in [3.05, 3.63) is 0 Å². The van der Waals surface area contributed by atoms with Gasteiger partial charge in [-0.05, 0) is 108 Å². The molecule has 0 saturated carbocycles. The zero-order valence-corrected chi connectivity index (χ0v) is 22.2. The highest BCUT2D eigenvalue weighted by Gasteiger charge is 2.55. The Morgan fingerprint density at radius 1 is 0.727 bits per heavy atom. The first-order chi connectivity index (χ1) is 15.9. The monoisotopic (exact) mass is 460 g/mol. The minimum atomic E-state index is 0.522. The maximum Gasteiger partial charge on any atom is 0.0748 e. The number of hydrogen-bond acceptors (Lipinski definition) is 4. The molecule has 6 heterocycles. The van der Waals surface area contributed by atoms with Crippen LogP contribution in [-0.2, 0) is 9.47 Å². The van der Waals surface area contributed by atoms with Gasteiger partial charge in [0.2, 0.25) is 0 Å². The van der Waals surface area contributed by atoms with E-state index in [1.165, 1.54) is 96.6 Å². The Hall–Kier alpha value is -0.160. The van der Waals surface area contributed by atoms with Crippen LogP contribution in [0.2, 0.25) is 0 Å². The lowest BCUT2D eigenvalue weighted by molar-refractivity contribution is -0.0113. The summed E-state index contributed by atoms with van der Waals surface area (Å²) in [4.78, 5) is 5.68. The van der Waals surface area contributed by atoms with Crippen LogP contribution in [0.1, 0.15) is 111 Å². The largest absolute Gasteiger partial charge is 0.377 e. The van der Waals surface area contributed by atoms with Crippen molar-refractivity contribution in [2.24, 2.45) is 11.8 Å². The minimum absolute atomic E-state index is 0.522. The summed E-state index contributed by atoms with van der Waals surface area (Å²) >= 11 is 0. The van der Waals surface area contributed by atoms with E-state index in [-0.39, 0.29) is 0 Å². The van der Waals surface area contributed by atoms with Crippen molar-refractivity contribution in [1.29, 1.82) is 0 Å². The molecule has 33 heavy (non-hydrogen) atoms. The number of fused-ring (bicyclic) bond motifs is 6. The molecule has 0 aliphatic carbocycles. The lowest BCUT2D eigenvalue weighted by Gasteiger charge is -2.37. The van der Waals surface area contributed by atoms with E-state index in [1.54, 1.807) is 0 Å². The summed E-state index contributed by atoms with van der Waals surface area (Å²) in [5.74, 6) is 1.66. The molecule has 0 radical (unpaired) electrons. The molecule has 4 heteroatoms. The van der Waals surface area contributed by atoms with Gasteiger partial charge in [-0.1, -0.05) is 27.7 Å². The van der Waals surface area contributed by atoms with E-state index >= 15 is 0 Å². The first-order valence-corrected chi connectivity index (χ1v) is 14.7. The molecule has 4 nitrogen and oxygen atoms in total. The average molecular weight is 461 g/mol. The summed E-state index contributed by atoms with van der Waals surface area (Å²) < 4.78 is 12.0. The fourth-order valence-electron chi connectivity index (χ4n) is 8.88. The summed E-state index contributed by atoms with van der Waals surface area (Å²) in [6, 6.07) is 1.52. The molecule has 0 aromatic heterocycles. The molecule has 0 spiro atoms. The first kappa shape index (κ1) is 24.5. The molecule has 6 saturated heterocycles. The molecule has 6 rings (SSSR count). The number of rotatable bonds is 5. The van der Waals surface area contributed by atoms with Gasteiger partial charge in [-0.15, -0.1) is 0 Å². The summed E-state index contributed by atoms with van der Waals surface area (Å²) in [7, 11) is 0. The van der Waals surface area contributed by atoms with Crippen LogP contribution < -0.4 is 0 Å². The summed E-state index contributed by atoms with van der Waals surface area (Å²) in [5, 5.41) is 0. The molecule has 6 aliphatic heterocycles. The number of hydrogen-bond donors (Lipinski definition) is 0. The SMILES string of the molecule is CC(C)CC12CCCN1C1CCCOC1C2.CC(C)CCC12CCCN1C1CCCOC1C2. The van der Waals surface area contributed by atoms with Crippen LogP contribution in [-0.4, -0.2) is 71.5 Å². The smallest absolute Gasteiger partial charge is 0.0748 e. The fraction of sp³-hybridized carbons (Fsp3) is 1.00. The average Bonchev–Trinajstić information content (AvgIpc) is 3.49. The second kappa shape index (κ2) is 10.1. The standard InChI is InChI=1S/C15H27NO.C14H25NO/c1-12(2)6-8-15-7-4-9-16(15)13-5-3-10-17-14(13)11-15;1-11(2)9-14-6-4-7-15(14)12-5-3-8-16-13(12)10-14/h12-14H,3-11H2,1-2H3;11-13H,3-10H2,1-2H3. The molecule has 6 atom stereocenters. The fourth-order valence-corrected chi connectivity index (χ4v) is 8.88. The van der Waals surface area contributed by atoms with Crippen molar-refractivity contribution in [2.45, 2.75) is 147 Å². The van der Waals surface area contributed by atoms with Gasteiger partial charge >= 0.3 is 0 Å². The van der Waals surface area contributed by atoms with Crippen LogP contribution >= 0.6 is 0 Å². The molecule has 0 N–H and O–H groups in total. The van der Waals surface area contributed by atoms with Crippen LogP contribution in [0.15, 0.2) is 0 Å². The minimum Gasteiger partial charge on any atom is -0.377 e. The predicted octanol–water partition coefficient (Wildman–Crippen LogP) is 6.03. The summed E-state index contributed by atoms with van der Waals surface area (Å²) in [6.07, 6.45) is 18.9. The van der Waals surface area contributed by atoms with Crippen LogP contribution in [0.3, 0.4) is 0 Å². The van der Waals surface area contributed by atoms with Crippen LogP contribution in [0.5, 0.6) is 0 Å². The third kappa shape index (κ3) is 4.80. The van der Waals surface area contributed by atoms with Gasteiger partial charge in [-0.25, -0.2) is 0 Å². The summed E-state index contributed by atoms with van der Waals surface area (Å²) in [6.45, 7) is 14.1. The quantitative estimate of drug-likeness (QED) is 0.500. The van der Waals surface area contributed by atoms with Gasteiger partial charge in [0.15, 0.2) is 0 Å². The highest BCUT2D eigenvalue weighted by Crippen LogP contribution is 2.50. The number of ether oxygens (including phenoxy) is 2. The Bertz CT molecular complexity index is 654. The lowest BCUT2D eigenvalue weighted by Crippen LogP contribution is -2.45. The van der Waals surface area contributed by atoms with Crippen molar-refractivity contribution >= 4 is 0 Å². The van der Waals surface area contributed by atoms with Gasteiger partial charge in [-0.2, -0.15) is 0 Å². The van der Waals surface area contributed by atoms with Crippen molar-refractivity contribution in [1.82, 2.24) is 9.80 Å². The third-order valence-corrected chi connectivity index (χ3v) is 10.0. The van der Waals surface area contributed by atoms with E-state index in [9.17, 15) is 0 Å². The van der Waals surface area contributed by atoms with Gasteiger partial charge in [-0.3, -0.25) is 9.80 Å². The zero-order valence-electron chi connectivity index (χ0n) is 22.2. The predicted molar refractivity (Wildman–Crippen MR) is 136 cm³/mol. The lowest BCUT2D eigenvalue weighted by atomic mass is 9.84. The van der Waals surface area contributed by atoms with E-state index in [1.807, 2.05) is 0 Å². The van der Waals surface area contributed by atoms with E-state index in [0.29, 0.717) is 23.3 Å². The van der Waals surface area contributed by atoms with Crippen LogP contribution in [0.25, 0.3) is 0 Å². The molecule has 190 valence electrons. The maximum atomic E-state index is 6.03. The van der Waals surface area contributed by atoms with E-state index in [4.69, 9.17) is 9.47 Å². The van der Waals surface area contributed by atoms with Gasteiger partial charge in [0.25, 0.3) is 0 Å². The van der Waals surface area contributed by atoms with Gasteiger partial charge in [0.1, 0.15) is 0 Å². The topological polar surface area (TPSA) is 24.9 Å². The molecular weight excluding hydrogens is 408 g/mol. The van der Waals surface area contributed by atoms with Crippen molar-refractivity contribution in [3.8, 4) is 0 Å². The third-order valence-electron chi connectivity index (χ3n) is 10.0. The van der Waals surface area contributed by atoms with Gasteiger partial charge in [0, 0.05) is 36.4 Å². The van der Waals surface area contributed by atoms with Crippen LogP contribution in [0, 0.1) is 11.8 Å². The van der Waals surface area contributed by atoms with E-state index in [0.717, 1.165) is 37.1 Å². The highest BCUT2D eigenvalue weighted by molar-refractivity contribution is 5.10. The Balaban J connectivity index is 0.000000139. The molecule has 6 aliphatic rings. The first-order valence-electron chi connectivity index (χ1n) is 14.7. The summed E-state index contributed by atoms with van der Waals surface area (Å²) in [5.41, 5.74) is 1.05. The number of nitrogens with zero attached hydrogens (tertiary/aromatic N) is 2. The van der Waals surface area contributed by atoms with Gasteiger partial charge in [0.05, 0.1) is 12.2 Å². The van der Waals surface area contributed by atoms with E-state index < -0.39 is 0 Å². The molecule has 0 bridgehead atoms. The molecule has 0 amide bonds. The Kier molecular flexibility index (Phi) is 7.49. The van der Waals surface area contributed by atoms with Crippen molar-refractivity contribution in [3.63, 3.8) is 0 Å². The Labute approximate surface area is 204 Å². The second-order valence-electron chi connectivity index (χ2n) is 13.2. The Morgan fingerprint density at radius 2 is 1.27 bits per heavy atom. The van der Waals surface area contributed by atoms with Gasteiger partial charge < -0.3 is 9.47 Å². The van der Waals surface area contributed by atoms with Crippen molar-refractivity contribution in [2.75, 3.05) is 26.3 Å². The molecule has 0 aromatic carbocycles. The molecule has 0 aromatic rings. The second-order valence-corrected chi connectivity index (χ2v) is 13.2. The molecule has 6 unspecified atom stereocenters. The highest BCUT2D eigenvalue weighted by atomic mass is 16.5.